The van der Waals surface area contributed by atoms with Crippen LogP contribution in [0.25, 0.3) is 32.7 Å². The fraction of sp³-hybridized carbons (Fsp3) is 0.0435. The van der Waals surface area contributed by atoms with Crippen molar-refractivity contribution in [1.82, 2.24) is 15.0 Å². The molecule has 1 amide bonds. The van der Waals surface area contributed by atoms with Gasteiger partial charge < -0.3 is 5.32 Å². The van der Waals surface area contributed by atoms with E-state index in [2.05, 4.69) is 44.5 Å². The first kappa shape index (κ1) is 18.6. The Labute approximate surface area is 181 Å². The summed E-state index contributed by atoms with van der Waals surface area (Å²) in [6.07, 6.45) is 1.94. The van der Waals surface area contributed by atoms with Crippen LogP contribution in [0, 0.1) is 0 Å². The molecule has 0 spiro atoms. The number of aromatic nitrogens is 3. The van der Waals surface area contributed by atoms with Gasteiger partial charge in [0.25, 0.3) is 0 Å². The van der Waals surface area contributed by atoms with E-state index >= 15 is 0 Å². The van der Waals surface area contributed by atoms with Crippen molar-refractivity contribution in [3.05, 3.63) is 83.3 Å². The highest BCUT2D eigenvalue weighted by Crippen LogP contribution is 2.31. The van der Waals surface area contributed by atoms with Crippen molar-refractivity contribution in [2.45, 2.75) is 6.42 Å². The Morgan fingerprint density at radius 3 is 2.63 bits per heavy atom. The molecular formula is C23H16N4OS2. The van der Waals surface area contributed by atoms with Crippen LogP contribution in [0.2, 0.25) is 0 Å². The molecule has 2 aromatic carbocycles. The lowest BCUT2D eigenvalue weighted by atomic mass is 10.0. The highest BCUT2D eigenvalue weighted by atomic mass is 32.1. The van der Waals surface area contributed by atoms with E-state index in [-0.39, 0.29) is 12.3 Å². The highest BCUT2D eigenvalue weighted by molar-refractivity contribution is 7.14. The molecule has 30 heavy (non-hydrogen) atoms. The molecule has 1 N–H and O–H groups in total. The van der Waals surface area contributed by atoms with Gasteiger partial charge in [0.05, 0.1) is 23.5 Å². The maximum atomic E-state index is 12.5. The minimum atomic E-state index is -0.133. The van der Waals surface area contributed by atoms with Gasteiger partial charge >= 0.3 is 0 Å². The van der Waals surface area contributed by atoms with Gasteiger partial charge in [0.2, 0.25) is 5.91 Å². The normalized spacial score (nSPS) is 10.9. The van der Waals surface area contributed by atoms with E-state index in [0.717, 1.165) is 33.0 Å². The minimum Gasteiger partial charge on any atom is -0.302 e. The topological polar surface area (TPSA) is 67.8 Å². The number of anilines is 1. The van der Waals surface area contributed by atoms with Gasteiger partial charge in [-0.2, -0.15) is 0 Å². The summed E-state index contributed by atoms with van der Waals surface area (Å²) < 4.78 is 0. The second kappa shape index (κ2) is 8.14. The molecule has 0 radical (unpaired) electrons. The summed E-state index contributed by atoms with van der Waals surface area (Å²) in [5.41, 5.74) is 3.46. The van der Waals surface area contributed by atoms with Gasteiger partial charge in [-0.1, -0.05) is 48.5 Å². The third-order valence-corrected chi connectivity index (χ3v) is 6.26. The van der Waals surface area contributed by atoms with Crippen molar-refractivity contribution in [2.75, 3.05) is 5.32 Å². The highest BCUT2D eigenvalue weighted by Gasteiger charge is 2.13. The van der Waals surface area contributed by atoms with Crippen LogP contribution in [0.4, 0.5) is 5.13 Å². The number of carbonyl (C=O) groups is 1. The lowest BCUT2D eigenvalue weighted by molar-refractivity contribution is -0.115. The zero-order valence-electron chi connectivity index (χ0n) is 15.8. The molecule has 0 atom stereocenters. The fourth-order valence-electron chi connectivity index (χ4n) is 3.23. The number of pyridine rings is 1. The van der Waals surface area contributed by atoms with Gasteiger partial charge in [0, 0.05) is 22.5 Å². The number of nitrogens with one attached hydrogen (secondary N) is 1. The number of benzene rings is 2. The number of fused-ring (bicyclic) bond motifs is 1. The lowest BCUT2D eigenvalue weighted by Crippen LogP contribution is -2.14. The van der Waals surface area contributed by atoms with E-state index in [1.807, 2.05) is 47.2 Å². The average molecular weight is 429 g/mol. The molecule has 0 aliphatic heterocycles. The summed E-state index contributed by atoms with van der Waals surface area (Å²) in [5.74, 6) is -0.133. The zero-order valence-corrected chi connectivity index (χ0v) is 17.4. The Kier molecular flexibility index (Phi) is 5.04. The Morgan fingerprint density at radius 2 is 1.73 bits per heavy atom. The molecule has 146 valence electrons. The molecular weight excluding hydrogens is 412 g/mol. The number of hydrogen-bond donors (Lipinski definition) is 1. The van der Waals surface area contributed by atoms with Crippen molar-refractivity contribution in [2.24, 2.45) is 0 Å². The maximum Gasteiger partial charge on any atom is 0.232 e. The Hall–Kier alpha value is -3.42. The van der Waals surface area contributed by atoms with Gasteiger partial charge in [0.1, 0.15) is 5.01 Å². The standard InChI is InChI=1S/C23H16N4OS2/c28-21(12-16-13-29-22(25-16)19-10-3-4-11-24-19)27-23-26-20(14-30-23)18-9-5-7-15-6-1-2-8-17(15)18/h1-11,13-14H,12H2,(H,26,27,28). The van der Waals surface area contributed by atoms with Gasteiger partial charge in [-0.25, -0.2) is 9.97 Å². The van der Waals surface area contributed by atoms with Crippen LogP contribution in [-0.2, 0) is 11.2 Å². The predicted molar refractivity (Wildman–Crippen MR) is 123 cm³/mol. The summed E-state index contributed by atoms with van der Waals surface area (Å²) in [7, 11) is 0. The smallest absolute Gasteiger partial charge is 0.232 e. The van der Waals surface area contributed by atoms with Gasteiger partial charge in [-0.05, 0) is 22.9 Å². The molecule has 3 aromatic heterocycles. The number of rotatable bonds is 5. The van der Waals surface area contributed by atoms with E-state index in [9.17, 15) is 4.79 Å². The van der Waals surface area contributed by atoms with Crippen LogP contribution < -0.4 is 5.32 Å². The molecule has 5 aromatic rings. The molecule has 5 nitrogen and oxygen atoms in total. The largest absolute Gasteiger partial charge is 0.302 e. The monoisotopic (exact) mass is 428 g/mol. The van der Waals surface area contributed by atoms with Crippen LogP contribution >= 0.6 is 22.7 Å². The Morgan fingerprint density at radius 1 is 0.867 bits per heavy atom. The summed E-state index contributed by atoms with van der Waals surface area (Å²) in [5, 5.41) is 10.5. The third-order valence-electron chi connectivity index (χ3n) is 4.59. The fourth-order valence-corrected chi connectivity index (χ4v) is 4.75. The first-order valence-electron chi connectivity index (χ1n) is 9.35. The number of nitrogens with zero attached hydrogens (tertiary/aromatic N) is 3. The SMILES string of the molecule is O=C(Cc1csc(-c2ccccn2)n1)Nc1nc(-c2cccc3ccccc23)cs1. The predicted octanol–water partition coefficient (Wildman–Crippen LogP) is 5.66. The quantitative estimate of drug-likeness (QED) is 0.392. The van der Waals surface area contributed by atoms with E-state index in [4.69, 9.17) is 0 Å². The molecule has 0 saturated heterocycles. The van der Waals surface area contributed by atoms with Crippen LogP contribution in [0.15, 0.2) is 77.6 Å². The first-order valence-corrected chi connectivity index (χ1v) is 11.1. The van der Waals surface area contributed by atoms with Gasteiger partial charge in [-0.15, -0.1) is 22.7 Å². The number of hydrogen-bond acceptors (Lipinski definition) is 6. The Bertz CT molecular complexity index is 1320. The van der Waals surface area contributed by atoms with Crippen molar-refractivity contribution >= 4 is 44.5 Å². The second-order valence-electron chi connectivity index (χ2n) is 6.65. The lowest BCUT2D eigenvalue weighted by Gasteiger charge is -2.03. The van der Waals surface area contributed by atoms with Crippen molar-refractivity contribution < 1.29 is 4.79 Å². The van der Waals surface area contributed by atoms with Crippen molar-refractivity contribution in [1.29, 1.82) is 0 Å². The third kappa shape index (κ3) is 3.85. The Balaban J connectivity index is 1.30. The molecule has 5 rings (SSSR count). The maximum absolute atomic E-state index is 12.5. The molecule has 0 fully saturated rings. The van der Waals surface area contributed by atoms with Crippen LogP contribution in [0.5, 0.6) is 0 Å². The summed E-state index contributed by atoms with van der Waals surface area (Å²) >= 11 is 2.91. The summed E-state index contributed by atoms with van der Waals surface area (Å²) in [4.78, 5) is 25.9. The van der Waals surface area contributed by atoms with Crippen molar-refractivity contribution in [3.8, 4) is 22.0 Å². The molecule has 0 aliphatic rings. The molecule has 3 heterocycles. The van der Waals surface area contributed by atoms with Crippen LogP contribution in [0.1, 0.15) is 5.69 Å². The van der Waals surface area contributed by atoms with Gasteiger partial charge in [-0.3, -0.25) is 9.78 Å². The minimum absolute atomic E-state index is 0.133. The van der Waals surface area contributed by atoms with Crippen molar-refractivity contribution in [3.63, 3.8) is 0 Å². The summed E-state index contributed by atoms with van der Waals surface area (Å²) in [6.45, 7) is 0. The van der Waals surface area contributed by atoms with E-state index in [1.165, 1.54) is 28.1 Å². The number of amides is 1. The number of thiazole rings is 2. The number of carbonyl (C=O) groups excluding carboxylic acids is 1. The molecule has 0 bridgehead atoms. The van der Waals surface area contributed by atoms with Crippen LogP contribution in [0.3, 0.4) is 0 Å². The van der Waals surface area contributed by atoms with Gasteiger partial charge in [0.15, 0.2) is 5.13 Å². The van der Waals surface area contributed by atoms with E-state index in [1.54, 1.807) is 6.20 Å². The van der Waals surface area contributed by atoms with E-state index < -0.39 is 0 Å². The average Bonchev–Trinajstić information content (AvgIpc) is 3.44. The van der Waals surface area contributed by atoms with Crippen LogP contribution in [-0.4, -0.2) is 20.9 Å². The summed E-state index contributed by atoms with van der Waals surface area (Å²) in [6, 6.07) is 20.1. The molecule has 0 aliphatic carbocycles. The van der Waals surface area contributed by atoms with E-state index in [0.29, 0.717) is 5.13 Å². The zero-order chi connectivity index (χ0) is 20.3. The molecule has 0 saturated carbocycles. The second-order valence-corrected chi connectivity index (χ2v) is 8.36. The first-order chi connectivity index (χ1) is 14.8. The molecule has 0 unspecified atom stereocenters. The molecule has 7 heteroatoms.